The van der Waals surface area contributed by atoms with Crippen LogP contribution in [0, 0.1) is 0 Å². The highest BCUT2D eigenvalue weighted by atomic mass is 19.3. The van der Waals surface area contributed by atoms with Crippen molar-refractivity contribution >= 4 is 28.3 Å². The number of anilines is 2. The minimum absolute atomic E-state index is 0.0242. The maximum Gasteiger partial charge on any atom is 0.387 e. The number of alkyl halides is 2. The number of ether oxygens (including phenoxy) is 1. The van der Waals surface area contributed by atoms with Gasteiger partial charge in [-0.15, -0.1) is 0 Å². The summed E-state index contributed by atoms with van der Waals surface area (Å²) >= 11 is 0. The number of carbonyl (C=O) groups excluding carboxylic acids is 1. The largest absolute Gasteiger partial charge is 0.435 e. The van der Waals surface area contributed by atoms with Crippen LogP contribution in [0.1, 0.15) is 0 Å². The van der Waals surface area contributed by atoms with Crippen LogP contribution in [0.15, 0.2) is 60.8 Å². The zero-order valence-corrected chi connectivity index (χ0v) is 12.4. The van der Waals surface area contributed by atoms with Crippen LogP contribution < -0.4 is 15.4 Å². The highest BCUT2D eigenvalue weighted by molar-refractivity contribution is 6.05. The van der Waals surface area contributed by atoms with E-state index in [-0.39, 0.29) is 5.75 Å². The van der Waals surface area contributed by atoms with Gasteiger partial charge in [-0.3, -0.25) is 4.98 Å². The topological polar surface area (TPSA) is 63.2 Å². The number of fused-ring (bicyclic) bond motifs is 1. The summed E-state index contributed by atoms with van der Waals surface area (Å²) in [4.78, 5) is 16.3. The molecule has 0 radical (unpaired) electrons. The molecule has 0 fully saturated rings. The molecule has 0 aliphatic carbocycles. The molecule has 0 saturated heterocycles. The van der Waals surface area contributed by atoms with Crippen LogP contribution in [0.4, 0.5) is 25.0 Å². The van der Waals surface area contributed by atoms with E-state index in [9.17, 15) is 13.6 Å². The maximum absolute atomic E-state index is 12.1. The molecule has 5 nitrogen and oxygen atoms in total. The summed E-state index contributed by atoms with van der Waals surface area (Å²) < 4.78 is 28.4. The van der Waals surface area contributed by atoms with Crippen molar-refractivity contribution in [1.82, 2.24) is 4.98 Å². The third-order valence-corrected chi connectivity index (χ3v) is 3.23. The Morgan fingerprint density at radius 2 is 1.79 bits per heavy atom. The van der Waals surface area contributed by atoms with Crippen LogP contribution >= 0.6 is 0 Å². The second kappa shape index (κ2) is 6.91. The molecule has 2 N–H and O–H groups in total. The second-order valence-electron chi connectivity index (χ2n) is 4.86. The molecular weight excluding hydrogens is 316 g/mol. The van der Waals surface area contributed by atoms with Gasteiger partial charge in [0.2, 0.25) is 0 Å². The zero-order valence-electron chi connectivity index (χ0n) is 12.4. The molecule has 0 unspecified atom stereocenters. The first-order chi connectivity index (χ1) is 11.6. The van der Waals surface area contributed by atoms with Gasteiger partial charge < -0.3 is 15.4 Å². The summed E-state index contributed by atoms with van der Waals surface area (Å²) in [6, 6.07) is 14.2. The van der Waals surface area contributed by atoms with Crippen LogP contribution in [-0.4, -0.2) is 17.6 Å². The number of rotatable bonds is 4. The summed E-state index contributed by atoms with van der Waals surface area (Å²) in [5.74, 6) is 0.0242. The lowest BCUT2D eigenvalue weighted by atomic mass is 10.2. The number of aromatic nitrogens is 1. The predicted molar refractivity (Wildman–Crippen MR) is 87.5 cm³/mol. The molecule has 1 aromatic heterocycles. The van der Waals surface area contributed by atoms with Crippen molar-refractivity contribution in [2.45, 2.75) is 6.61 Å². The van der Waals surface area contributed by atoms with Gasteiger partial charge in [0.25, 0.3) is 0 Å². The quantitative estimate of drug-likeness (QED) is 0.742. The van der Waals surface area contributed by atoms with E-state index in [0.29, 0.717) is 11.4 Å². The number of carbonyl (C=O) groups is 1. The third kappa shape index (κ3) is 3.75. The summed E-state index contributed by atoms with van der Waals surface area (Å²) in [5.41, 5.74) is 1.84. The zero-order chi connectivity index (χ0) is 16.9. The Hall–Kier alpha value is -3.22. The van der Waals surface area contributed by atoms with E-state index in [1.165, 1.54) is 24.3 Å². The molecule has 122 valence electrons. The molecule has 0 atom stereocenters. The molecule has 1 heterocycles. The Bertz CT molecular complexity index is 849. The van der Waals surface area contributed by atoms with Crippen molar-refractivity contribution < 1.29 is 18.3 Å². The number of halogens is 2. The lowest BCUT2D eigenvalue weighted by Crippen LogP contribution is -2.19. The molecule has 2 amide bonds. The molecule has 2 aromatic carbocycles. The molecule has 0 spiro atoms. The van der Waals surface area contributed by atoms with Crippen molar-refractivity contribution in [3.8, 4) is 5.75 Å². The number of pyridine rings is 1. The lowest BCUT2D eigenvalue weighted by molar-refractivity contribution is -0.0498. The van der Waals surface area contributed by atoms with E-state index >= 15 is 0 Å². The molecule has 3 rings (SSSR count). The number of hydrogen-bond donors (Lipinski definition) is 2. The first-order valence-electron chi connectivity index (χ1n) is 7.08. The van der Waals surface area contributed by atoms with Crippen molar-refractivity contribution in [3.63, 3.8) is 0 Å². The first-order valence-corrected chi connectivity index (χ1v) is 7.08. The fourth-order valence-electron chi connectivity index (χ4n) is 2.22. The number of urea groups is 1. The Balaban J connectivity index is 1.69. The Morgan fingerprint density at radius 3 is 2.54 bits per heavy atom. The van der Waals surface area contributed by atoms with Gasteiger partial charge in [0, 0.05) is 17.3 Å². The minimum atomic E-state index is -2.88. The molecule has 0 aliphatic rings. The van der Waals surface area contributed by atoms with Crippen LogP contribution in [0.5, 0.6) is 5.75 Å². The molecule has 0 saturated carbocycles. The van der Waals surface area contributed by atoms with Crippen LogP contribution in [0.2, 0.25) is 0 Å². The summed E-state index contributed by atoms with van der Waals surface area (Å²) in [6.07, 6.45) is 1.68. The van der Waals surface area contributed by atoms with Crippen LogP contribution in [-0.2, 0) is 0 Å². The van der Waals surface area contributed by atoms with Gasteiger partial charge in [0.15, 0.2) is 0 Å². The molecule has 0 bridgehead atoms. The van der Waals surface area contributed by atoms with Crippen LogP contribution in [0.3, 0.4) is 0 Å². The van der Waals surface area contributed by atoms with Gasteiger partial charge in [0.05, 0.1) is 11.2 Å². The van der Waals surface area contributed by atoms with E-state index in [0.717, 1.165) is 10.9 Å². The van der Waals surface area contributed by atoms with Gasteiger partial charge in [-0.2, -0.15) is 8.78 Å². The highest BCUT2D eigenvalue weighted by Crippen LogP contribution is 2.22. The fourth-order valence-corrected chi connectivity index (χ4v) is 2.22. The molecule has 3 aromatic rings. The van der Waals surface area contributed by atoms with Crippen molar-refractivity contribution in [2.75, 3.05) is 10.6 Å². The highest BCUT2D eigenvalue weighted by Gasteiger charge is 2.07. The summed E-state index contributed by atoms with van der Waals surface area (Å²) in [5, 5.41) is 6.18. The van der Waals surface area contributed by atoms with Gasteiger partial charge in [-0.25, -0.2) is 4.79 Å². The van der Waals surface area contributed by atoms with Crippen LogP contribution in [0.25, 0.3) is 10.9 Å². The van der Waals surface area contributed by atoms with E-state index in [1.807, 2.05) is 12.1 Å². The Labute approximate surface area is 136 Å². The average molecular weight is 329 g/mol. The summed E-state index contributed by atoms with van der Waals surface area (Å²) in [7, 11) is 0. The monoisotopic (exact) mass is 329 g/mol. The number of benzene rings is 2. The Kier molecular flexibility index (Phi) is 4.51. The third-order valence-electron chi connectivity index (χ3n) is 3.23. The van der Waals surface area contributed by atoms with Gasteiger partial charge in [0.1, 0.15) is 5.75 Å². The number of amides is 2. The van der Waals surface area contributed by atoms with Gasteiger partial charge in [-0.05, 0) is 48.5 Å². The standard InChI is InChI=1S/C17H13F2N3O2/c18-16(19)24-12-8-6-11(7-9-12)21-17(23)22-15-5-1-4-14-13(15)3-2-10-20-14/h1-10,16H,(H2,21,22,23). The van der Waals surface area contributed by atoms with Crippen molar-refractivity contribution in [1.29, 1.82) is 0 Å². The molecular formula is C17H13F2N3O2. The second-order valence-corrected chi connectivity index (χ2v) is 4.86. The number of nitrogens with one attached hydrogen (secondary N) is 2. The van der Waals surface area contributed by atoms with Crippen molar-refractivity contribution in [3.05, 3.63) is 60.8 Å². The lowest BCUT2D eigenvalue weighted by Gasteiger charge is -2.10. The molecule has 24 heavy (non-hydrogen) atoms. The number of nitrogens with zero attached hydrogens (tertiary/aromatic N) is 1. The summed E-state index contributed by atoms with van der Waals surface area (Å²) in [6.45, 7) is -2.88. The molecule has 7 heteroatoms. The first kappa shape index (κ1) is 15.7. The van der Waals surface area contributed by atoms with Crippen molar-refractivity contribution in [2.24, 2.45) is 0 Å². The smallest absolute Gasteiger partial charge is 0.387 e. The van der Waals surface area contributed by atoms with Gasteiger partial charge in [-0.1, -0.05) is 6.07 Å². The van der Waals surface area contributed by atoms with E-state index in [1.54, 1.807) is 24.4 Å². The van der Waals surface area contributed by atoms with Gasteiger partial charge >= 0.3 is 12.6 Å². The average Bonchev–Trinajstić information content (AvgIpc) is 2.56. The van der Waals surface area contributed by atoms with E-state index in [4.69, 9.17) is 0 Å². The minimum Gasteiger partial charge on any atom is -0.435 e. The Morgan fingerprint density at radius 1 is 1.00 bits per heavy atom. The fraction of sp³-hybridized carbons (Fsp3) is 0.0588. The molecule has 0 aliphatic heterocycles. The SMILES string of the molecule is O=C(Nc1ccc(OC(F)F)cc1)Nc1cccc2ncccc12. The maximum atomic E-state index is 12.1. The normalized spacial score (nSPS) is 10.6. The van der Waals surface area contributed by atoms with E-state index < -0.39 is 12.6 Å². The van der Waals surface area contributed by atoms with E-state index in [2.05, 4.69) is 20.4 Å². The predicted octanol–water partition coefficient (Wildman–Crippen LogP) is 4.48. The number of hydrogen-bond acceptors (Lipinski definition) is 3.